The second-order valence-corrected chi connectivity index (χ2v) is 5.59. The molecule has 0 aromatic heterocycles. The van der Waals surface area contributed by atoms with Gasteiger partial charge in [-0.2, -0.15) is 0 Å². The standard InChI is InChI=1S/C21H17NO2/c1-22-18-13-7-5-11-16(18)20(17-12-6-8-14-19(17)22)21(23)24-15-9-3-2-4-10-15/h2-11,13-14H,12H2,1H3/i1D3. The summed E-state index contributed by atoms with van der Waals surface area (Å²) in [6.07, 6.45) is 5.91. The Hall–Kier alpha value is -3.07. The third-order valence-corrected chi connectivity index (χ3v) is 4.14. The molecule has 0 radical (unpaired) electrons. The molecule has 0 unspecified atom stereocenters. The first kappa shape index (κ1) is 11.5. The van der Waals surface area contributed by atoms with E-state index in [1.165, 1.54) is 4.90 Å². The molecular formula is C21H17NO2. The zero-order valence-corrected chi connectivity index (χ0v) is 12.9. The van der Waals surface area contributed by atoms with Gasteiger partial charge >= 0.3 is 5.97 Å². The lowest BCUT2D eigenvalue weighted by Gasteiger charge is -2.34. The van der Waals surface area contributed by atoms with Crippen LogP contribution in [0.2, 0.25) is 0 Å². The van der Waals surface area contributed by atoms with Gasteiger partial charge in [0.25, 0.3) is 0 Å². The lowest BCUT2D eigenvalue weighted by Crippen LogP contribution is -2.27. The topological polar surface area (TPSA) is 29.5 Å². The summed E-state index contributed by atoms with van der Waals surface area (Å²) in [6, 6.07) is 15.9. The molecule has 1 aliphatic heterocycles. The summed E-state index contributed by atoms with van der Waals surface area (Å²) >= 11 is 0. The maximum Gasteiger partial charge on any atom is 0.344 e. The van der Waals surface area contributed by atoms with Crippen molar-refractivity contribution >= 4 is 17.2 Å². The number of hydrogen-bond acceptors (Lipinski definition) is 3. The monoisotopic (exact) mass is 318 g/mol. The molecule has 0 atom stereocenters. The molecule has 1 heterocycles. The molecule has 4 rings (SSSR count). The zero-order chi connectivity index (χ0) is 19.0. The van der Waals surface area contributed by atoms with Crippen molar-refractivity contribution in [1.29, 1.82) is 0 Å². The maximum atomic E-state index is 13.1. The Balaban J connectivity index is 1.88. The van der Waals surface area contributed by atoms with Crippen molar-refractivity contribution in [2.75, 3.05) is 11.9 Å². The van der Waals surface area contributed by atoms with Gasteiger partial charge in [-0.1, -0.05) is 48.6 Å². The third-order valence-electron chi connectivity index (χ3n) is 4.14. The van der Waals surface area contributed by atoms with Crippen molar-refractivity contribution in [1.82, 2.24) is 0 Å². The average Bonchev–Trinajstić information content (AvgIpc) is 2.65. The van der Waals surface area contributed by atoms with E-state index in [0.717, 1.165) is 0 Å². The molecule has 0 saturated heterocycles. The van der Waals surface area contributed by atoms with Gasteiger partial charge in [0, 0.05) is 28.0 Å². The van der Waals surface area contributed by atoms with Crippen LogP contribution in [-0.2, 0) is 4.79 Å². The van der Waals surface area contributed by atoms with E-state index >= 15 is 0 Å². The van der Waals surface area contributed by atoms with Crippen molar-refractivity contribution in [3.8, 4) is 5.75 Å². The van der Waals surface area contributed by atoms with Crippen LogP contribution in [0.1, 0.15) is 16.1 Å². The summed E-state index contributed by atoms with van der Waals surface area (Å²) < 4.78 is 29.5. The van der Waals surface area contributed by atoms with Gasteiger partial charge in [0.15, 0.2) is 0 Å². The van der Waals surface area contributed by atoms with E-state index < -0.39 is 12.9 Å². The van der Waals surface area contributed by atoms with Crippen LogP contribution in [0.5, 0.6) is 5.75 Å². The highest BCUT2D eigenvalue weighted by molar-refractivity contribution is 6.22. The minimum absolute atomic E-state index is 0.408. The molecule has 0 fully saturated rings. The van der Waals surface area contributed by atoms with Gasteiger partial charge in [-0.3, -0.25) is 0 Å². The van der Waals surface area contributed by atoms with Gasteiger partial charge in [0.2, 0.25) is 0 Å². The summed E-state index contributed by atoms with van der Waals surface area (Å²) in [7, 11) is 0. The van der Waals surface area contributed by atoms with E-state index in [0.29, 0.717) is 40.3 Å². The molecule has 0 saturated carbocycles. The third kappa shape index (κ3) is 2.35. The van der Waals surface area contributed by atoms with Gasteiger partial charge < -0.3 is 9.64 Å². The Bertz CT molecular complexity index is 988. The number of para-hydroxylation sites is 2. The van der Waals surface area contributed by atoms with E-state index in [-0.39, 0.29) is 0 Å². The van der Waals surface area contributed by atoms with E-state index in [1.54, 1.807) is 54.6 Å². The van der Waals surface area contributed by atoms with Crippen LogP contribution in [0.15, 0.2) is 84.1 Å². The Kier molecular flexibility index (Phi) is 2.80. The molecule has 118 valence electrons. The van der Waals surface area contributed by atoms with E-state index in [9.17, 15) is 4.79 Å². The fourth-order valence-corrected chi connectivity index (χ4v) is 3.04. The summed E-state index contributed by atoms with van der Waals surface area (Å²) in [5.74, 6) is -0.0433. The molecule has 1 aliphatic carbocycles. The maximum absolute atomic E-state index is 13.1. The van der Waals surface area contributed by atoms with Crippen molar-refractivity contribution in [3.05, 3.63) is 89.7 Å². The quantitative estimate of drug-likeness (QED) is 0.609. The summed E-state index contributed by atoms with van der Waals surface area (Å²) in [5, 5.41) is 0. The predicted molar refractivity (Wildman–Crippen MR) is 95.7 cm³/mol. The van der Waals surface area contributed by atoms with Gasteiger partial charge in [0.05, 0.1) is 5.57 Å². The Morgan fingerprint density at radius 3 is 2.75 bits per heavy atom. The predicted octanol–water partition coefficient (Wildman–Crippen LogP) is 4.34. The van der Waals surface area contributed by atoms with Crippen LogP contribution in [0.25, 0.3) is 5.57 Å². The second kappa shape index (κ2) is 5.85. The summed E-state index contributed by atoms with van der Waals surface area (Å²) in [4.78, 5) is 14.4. The molecular weight excluding hydrogens is 298 g/mol. The highest BCUT2D eigenvalue weighted by Crippen LogP contribution is 2.42. The molecule has 3 heteroatoms. The summed E-state index contributed by atoms with van der Waals surface area (Å²) in [6.45, 7) is -2.37. The number of ether oxygens (including phenoxy) is 1. The number of hydrogen-bond donors (Lipinski definition) is 0. The first-order valence-electron chi connectivity index (χ1n) is 9.24. The molecule has 2 aromatic carbocycles. The number of allylic oxidation sites excluding steroid dienone is 4. The van der Waals surface area contributed by atoms with Crippen molar-refractivity contribution < 1.29 is 13.6 Å². The van der Waals surface area contributed by atoms with Crippen molar-refractivity contribution in [2.45, 2.75) is 6.42 Å². The zero-order valence-electron chi connectivity index (χ0n) is 15.9. The van der Waals surface area contributed by atoms with Gasteiger partial charge in [0.1, 0.15) is 5.75 Å². The van der Waals surface area contributed by atoms with E-state index in [2.05, 4.69) is 0 Å². The van der Waals surface area contributed by atoms with Crippen LogP contribution in [-0.4, -0.2) is 12.9 Å². The Morgan fingerprint density at radius 2 is 1.92 bits per heavy atom. The number of carbonyl (C=O) groups excluding carboxylic acids is 1. The molecule has 0 bridgehead atoms. The molecule has 3 nitrogen and oxygen atoms in total. The van der Waals surface area contributed by atoms with Crippen LogP contribution in [0, 0.1) is 0 Å². The van der Waals surface area contributed by atoms with Gasteiger partial charge in [-0.25, -0.2) is 4.79 Å². The SMILES string of the molecule is [2H]C([2H])([2H])N1C2=CC=CCC2=C(C(=O)Oc2ccccc2)c2ccccc21. The summed E-state index contributed by atoms with van der Waals surface area (Å²) in [5.41, 5.74) is 2.62. The number of anilines is 1. The average molecular weight is 318 g/mol. The highest BCUT2D eigenvalue weighted by atomic mass is 16.5. The van der Waals surface area contributed by atoms with Gasteiger partial charge in [-0.15, -0.1) is 0 Å². The minimum Gasteiger partial charge on any atom is -0.423 e. The number of benzene rings is 2. The fraction of sp³-hybridized carbons (Fsp3) is 0.0952. The number of nitrogens with zero attached hydrogens (tertiary/aromatic N) is 1. The normalized spacial score (nSPS) is 17.9. The van der Waals surface area contributed by atoms with Crippen LogP contribution in [0.4, 0.5) is 5.69 Å². The fourth-order valence-electron chi connectivity index (χ4n) is 3.04. The number of esters is 1. The minimum atomic E-state index is -2.37. The van der Waals surface area contributed by atoms with Crippen LogP contribution in [0.3, 0.4) is 0 Å². The lowest BCUT2D eigenvalue weighted by atomic mass is 9.87. The molecule has 2 aliphatic rings. The number of likely N-dealkylation sites (N-methyl/N-ethyl adjacent to an activating group) is 1. The van der Waals surface area contributed by atoms with Crippen LogP contribution < -0.4 is 9.64 Å². The first-order chi connectivity index (χ1) is 13.0. The molecule has 2 aromatic rings. The Morgan fingerprint density at radius 1 is 1.12 bits per heavy atom. The molecule has 24 heavy (non-hydrogen) atoms. The van der Waals surface area contributed by atoms with Gasteiger partial charge in [-0.05, 0) is 36.3 Å². The highest BCUT2D eigenvalue weighted by Gasteiger charge is 2.31. The smallest absolute Gasteiger partial charge is 0.344 e. The second-order valence-electron chi connectivity index (χ2n) is 5.59. The molecule has 0 amide bonds. The molecule has 0 N–H and O–H groups in total. The van der Waals surface area contributed by atoms with Crippen molar-refractivity contribution in [3.63, 3.8) is 0 Å². The molecule has 0 spiro atoms. The number of rotatable bonds is 2. The number of fused-ring (bicyclic) bond motifs is 2. The lowest BCUT2D eigenvalue weighted by molar-refractivity contribution is -0.128. The Labute approximate surface area is 145 Å². The van der Waals surface area contributed by atoms with E-state index in [4.69, 9.17) is 8.85 Å². The van der Waals surface area contributed by atoms with Crippen molar-refractivity contribution in [2.24, 2.45) is 0 Å². The largest absolute Gasteiger partial charge is 0.423 e. The first-order valence-corrected chi connectivity index (χ1v) is 7.74. The number of carbonyl (C=O) groups is 1. The van der Waals surface area contributed by atoms with E-state index in [1.807, 2.05) is 18.2 Å². The van der Waals surface area contributed by atoms with Crippen LogP contribution >= 0.6 is 0 Å².